The Morgan fingerprint density at radius 3 is 2.21 bits per heavy atom. The molecule has 0 bridgehead atoms. The van der Waals surface area contributed by atoms with Gasteiger partial charge in [0.25, 0.3) is 21.8 Å². The number of hydrogen-bond donors (Lipinski definition) is 2. The maximum absolute atomic E-state index is 12.9. The molecule has 0 saturated carbocycles. The highest BCUT2D eigenvalue weighted by molar-refractivity contribution is 7.92. The van der Waals surface area contributed by atoms with Crippen molar-refractivity contribution < 1.29 is 18.0 Å². The lowest BCUT2D eigenvalue weighted by molar-refractivity contribution is 0.0724. The van der Waals surface area contributed by atoms with Gasteiger partial charge in [0.15, 0.2) is 0 Å². The molecule has 2 N–H and O–H groups in total. The molecule has 3 aromatic carbocycles. The molecule has 4 rings (SSSR count). The minimum absolute atomic E-state index is 0.0187. The summed E-state index contributed by atoms with van der Waals surface area (Å²) in [5, 5.41) is 2.77. The van der Waals surface area contributed by atoms with Gasteiger partial charge in [0.1, 0.15) is 0 Å². The fourth-order valence-corrected chi connectivity index (χ4v) is 4.96. The van der Waals surface area contributed by atoms with E-state index in [9.17, 15) is 18.0 Å². The summed E-state index contributed by atoms with van der Waals surface area (Å²) in [6.45, 7) is 3.40. The largest absolute Gasteiger partial charge is 0.339 e. The number of aryl methyl sites for hydroxylation is 1. The van der Waals surface area contributed by atoms with E-state index in [1.54, 1.807) is 42.5 Å². The molecule has 0 atom stereocenters. The SMILES string of the molecule is Cc1ccc(NS(=O)(=O)c2cccc(C(=O)Nc3cccc(C(=O)N4CCCCC4)c3)c2)cc1. The Hall–Kier alpha value is -3.65. The first kappa shape index (κ1) is 23.5. The van der Waals surface area contributed by atoms with E-state index in [0.717, 1.165) is 37.9 Å². The van der Waals surface area contributed by atoms with E-state index in [0.29, 0.717) is 16.9 Å². The number of sulfonamides is 1. The zero-order valence-electron chi connectivity index (χ0n) is 19.0. The molecule has 1 aliphatic rings. The van der Waals surface area contributed by atoms with Crippen molar-refractivity contribution in [1.29, 1.82) is 0 Å². The van der Waals surface area contributed by atoms with Gasteiger partial charge in [0.05, 0.1) is 4.90 Å². The first-order valence-corrected chi connectivity index (χ1v) is 12.7. The number of rotatable bonds is 6. The maximum atomic E-state index is 12.9. The average molecular weight is 478 g/mol. The number of likely N-dealkylation sites (tertiary alicyclic amines) is 1. The zero-order valence-corrected chi connectivity index (χ0v) is 19.8. The minimum Gasteiger partial charge on any atom is -0.339 e. The van der Waals surface area contributed by atoms with Crippen LogP contribution in [0, 0.1) is 6.92 Å². The Morgan fingerprint density at radius 2 is 1.47 bits per heavy atom. The molecule has 3 aromatic rings. The molecule has 0 spiro atoms. The molecule has 0 aliphatic carbocycles. The van der Waals surface area contributed by atoms with Crippen molar-refractivity contribution in [1.82, 2.24) is 4.90 Å². The number of nitrogens with one attached hydrogen (secondary N) is 2. The summed E-state index contributed by atoms with van der Waals surface area (Å²) < 4.78 is 28.1. The van der Waals surface area contributed by atoms with E-state index in [1.807, 2.05) is 24.0 Å². The molecule has 2 amide bonds. The second-order valence-corrected chi connectivity index (χ2v) is 10.1. The molecular formula is C26H27N3O4S. The van der Waals surface area contributed by atoms with E-state index < -0.39 is 15.9 Å². The Morgan fingerprint density at radius 1 is 0.794 bits per heavy atom. The zero-order chi connectivity index (χ0) is 24.1. The number of carbonyl (C=O) groups is 2. The monoisotopic (exact) mass is 477 g/mol. The lowest BCUT2D eigenvalue weighted by Gasteiger charge is -2.26. The molecule has 1 heterocycles. The van der Waals surface area contributed by atoms with Crippen molar-refractivity contribution >= 4 is 33.2 Å². The molecule has 0 unspecified atom stereocenters. The summed E-state index contributed by atoms with van der Waals surface area (Å²) >= 11 is 0. The minimum atomic E-state index is -3.87. The quantitative estimate of drug-likeness (QED) is 0.539. The van der Waals surface area contributed by atoms with Gasteiger partial charge in [-0.2, -0.15) is 0 Å². The Balaban J connectivity index is 1.48. The van der Waals surface area contributed by atoms with Gasteiger partial charge in [0.2, 0.25) is 0 Å². The van der Waals surface area contributed by atoms with Crippen LogP contribution in [-0.4, -0.2) is 38.2 Å². The van der Waals surface area contributed by atoms with Crippen LogP contribution in [0.5, 0.6) is 0 Å². The van der Waals surface area contributed by atoms with E-state index in [4.69, 9.17) is 0 Å². The van der Waals surface area contributed by atoms with Gasteiger partial charge in [-0.15, -0.1) is 0 Å². The molecule has 176 valence electrons. The van der Waals surface area contributed by atoms with Crippen molar-refractivity contribution in [3.05, 3.63) is 89.5 Å². The molecule has 1 fully saturated rings. The first-order valence-electron chi connectivity index (χ1n) is 11.2. The fourth-order valence-electron chi connectivity index (χ4n) is 3.85. The predicted molar refractivity (Wildman–Crippen MR) is 133 cm³/mol. The van der Waals surface area contributed by atoms with Crippen LogP contribution in [0.2, 0.25) is 0 Å². The number of hydrogen-bond acceptors (Lipinski definition) is 4. The van der Waals surface area contributed by atoms with Crippen LogP contribution in [0.15, 0.2) is 77.7 Å². The van der Waals surface area contributed by atoms with Crippen LogP contribution in [0.4, 0.5) is 11.4 Å². The Bertz CT molecular complexity index is 1300. The number of carbonyl (C=O) groups excluding carboxylic acids is 2. The number of benzene rings is 3. The molecule has 0 aromatic heterocycles. The van der Waals surface area contributed by atoms with Crippen LogP contribution in [0.1, 0.15) is 45.5 Å². The number of anilines is 2. The number of nitrogens with zero attached hydrogens (tertiary/aromatic N) is 1. The summed E-state index contributed by atoms with van der Waals surface area (Å²) in [6.07, 6.45) is 3.13. The average Bonchev–Trinajstić information content (AvgIpc) is 2.85. The van der Waals surface area contributed by atoms with Crippen molar-refractivity contribution in [3.63, 3.8) is 0 Å². The van der Waals surface area contributed by atoms with Crippen molar-refractivity contribution in [2.24, 2.45) is 0 Å². The lowest BCUT2D eigenvalue weighted by atomic mass is 10.1. The second-order valence-electron chi connectivity index (χ2n) is 8.39. The van der Waals surface area contributed by atoms with E-state index in [2.05, 4.69) is 10.0 Å². The molecule has 8 heteroatoms. The summed E-state index contributed by atoms with van der Waals surface area (Å²) in [7, 11) is -3.87. The third kappa shape index (κ3) is 5.63. The third-order valence-electron chi connectivity index (χ3n) is 5.72. The Kier molecular flexibility index (Phi) is 6.98. The van der Waals surface area contributed by atoms with E-state index in [1.165, 1.54) is 18.2 Å². The lowest BCUT2D eigenvalue weighted by Crippen LogP contribution is -2.35. The standard InChI is InChI=1S/C26H27N3O4S/c1-19-11-13-22(14-12-19)28-34(32,33)24-10-6-7-20(18-24)25(30)27-23-9-5-8-21(17-23)26(31)29-15-3-2-4-16-29/h5-14,17-18,28H,2-4,15-16H2,1H3,(H,27,30). The molecule has 34 heavy (non-hydrogen) atoms. The van der Waals surface area contributed by atoms with Crippen LogP contribution in [-0.2, 0) is 10.0 Å². The van der Waals surface area contributed by atoms with E-state index in [-0.39, 0.29) is 16.4 Å². The Labute approximate surface area is 199 Å². The highest BCUT2D eigenvalue weighted by Gasteiger charge is 2.19. The van der Waals surface area contributed by atoms with Gasteiger partial charge >= 0.3 is 0 Å². The first-order chi connectivity index (χ1) is 16.3. The molecule has 0 radical (unpaired) electrons. The third-order valence-corrected chi connectivity index (χ3v) is 7.10. The van der Waals surface area contributed by atoms with Crippen LogP contribution >= 0.6 is 0 Å². The number of amides is 2. The van der Waals surface area contributed by atoms with Gasteiger partial charge < -0.3 is 10.2 Å². The van der Waals surface area contributed by atoms with Gasteiger partial charge in [-0.1, -0.05) is 29.8 Å². The molecule has 7 nitrogen and oxygen atoms in total. The summed E-state index contributed by atoms with van der Waals surface area (Å²) in [5.41, 5.74) is 2.63. The fraction of sp³-hybridized carbons (Fsp3) is 0.231. The van der Waals surface area contributed by atoms with Crippen LogP contribution in [0.3, 0.4) is 0 Å². The highest BCUT2D eigenvalue weighted by atomic mass is 32.2. The summed E-state index contributed by atoms with van der Waals surface area (Å²) in [5.74, 6) is -0.513. The molecular weight excluding hydrogens is 450 g/mol. The van der Waals surface area contributed by atoms with Crippen LogP contribution in [0.25, 0.3) is 0 Å². The van der Waals surface area contributed by atoms with Crippen molar-refractivity contribution in [2.75, 3.05) is 23.1 Å². The van der Waals surface area contributed by atoms with Crippen molar-refractivity contribution in [2.45, 2.75) is 31.1 Å². The smallest absolute Gasteiger partial charge is 0.261 e. The van der Waals surface area contributed by atoms with Crippen molar-refractivity contribution in [3.8, 4) is 0 Å². The number of piperidine rings is 1. The predicted octanol–water partition coefficient (Wildman–Crippen LogP) is 4.67. The molecule has 1 saturated heterocycles. The van der Waals surface area contributed by atoms with Gasteiger partial charge in [-0.3, -0.25) is 14.3 Å². The second kappa shape index (κ2) is 10.1. The highest BCUT2D eigenvalue weighted by Crippen LogP contribution is 2.20. The van der Waals surface area contributed by atoms with Crippen LogP contribution < -0.4 is 10.0 Å². The maximum Gasteiger partial charge on any atom is 0.261 e. The van der Waals surface area contributed by atoms with Gasteiger partial charge in [-0.25, -0.2) is 8.42 Å². The molecule has 1 aliphatic heterocycles. The summed E-state index contributed by atoms with van der Waals surface area (Å²) in [6, 6.07) is 19.6. The normalized spacial score (nSPS) is 13.9. The van der Waals surface area contributed by atoms with Gasteiger partial charge in [0, 0.05) is 35.6 Å². The topological polar surface area (TPSA) is 95.6 Å². The van der Waals surface area contributed by atoms with E-state index >= 15 is 0 Å². The van der Waals surface area contributed by atoms with Gasteiger partial charge in [-0.05, 0) is 74.7 Å². The summed E-state index contributed by atoms with van der Waals surface area (Å²) in [4.78, 5) is 27.4.